The summed E-state index contributed by atoms with van der Waals surface area (Å²) in [6, 6.07) is 13.8. The predicted octanol–water partition coefficient (Wildman–Crippen LogP) is 2.46. The van der Waals surface area contributed by atoms with E-state index in [1.165, 1.54) is 10.9 Å². The maximum atomic E-state index is 11.9. The second-order valence-corrected chi connectivity index (χ2v) is 5.57. The predicted molar refractivity (Wildman–Crippen MR) is 87.2 cm³/mol. The van der Waals surface area contributed by atoms with Crippen molar-refractivity contribution in [2.45, 2.75) is 12.5 Å². The highest BCUT2D eigenvalue weighted by molar-refractivity contribution is 5.91. The lowest BCUT2D eigenvalue weighted by Crippen LogP contribution is -2.24. The van der Waals surface area contributed by atoms with Crippen LogP contribution in [-0.2, 0) is 6.42 Å². The molecule has 1 atom stereocenters. The highest BCUT2D eigenvalue weighted by atomic mass is 16.5. The number of aromatic amines is 1. The van der Waals surface area contributed by atoms with Gasteiger partial charge in [0.05, 0.1) is 0 Å². The van der Waals surface area contributed by atoms with Gasteiger partial charge < -0.3 is 15.5 Å². The van der Waals surface area contributed by atoms with Crippen LogP contribution in [0.1, 0.15) is 5.56 Å². The summed E-state index contributed by atoms with van der Waals surface area (Å²) in [6.45, 7) is 0.521. The lowest BCUT2D eigenvalue weighted by atomic mass is 9.97. The molecule has 1 aliphatic heterocycles. The Kier molecular flexibility index (Phi) is 2.98. The summed E-state index contributed by atoms with van der Waals surface area (Å²) in [5.74, 6) is 0.924. The number of hydrogen-bond acceptors (Lipinski definition) is 3. The maximum absolute atomic E-state index is 11.9. The Balaban J connectivity index is 1.86. The fraction of sp³-hybridized carbons (Fsp3) is 0.167. The van der Waals surface area contributed by atoms with E-state index < -0.39 is 0 Å². The summed E-state index contributed by atoms with van der Waals surface area (Å²) in [7, 11) is 0. The molecule has 0 saturated carbocycles. The molecule has 4 rings (SSSR count). The van der Waals surface area contributed by atoms with Crippen LogP contribution in [0, 0.1) is 0 Å². The van der Waals surface area contributed by atoms with E-state index in [9.17, 15) is 4.79 Å². The lowest BCUT2D eigenvalue weighted by Gasteiger charge is -2.07. The molecule has 4 heteroatoms. The number of aromatic nitrogens is 1. The third-order valence-corrected chi connectivity index (χ3v) is 4.21. The van der Waals surface area contributed by atoms with Gasteiger partial charge >= 0.3 is 0 Å². The van der Waals surface area contributed by atoms with Gasteiger partial charge in [-0.3, -0.25) is 4.79 Å². The monoisotopic (exact) mass is 292 g/mol. The summed E-state index contributed by atoms with van der Waals surface area (Å²) in [4.78, 5) is 14.6. The van der Waals surface area contributed by atoms with Gasteiger partial charge in [0.2, 0.25) is 0 Å². The van der Waals surface area contributed by atoms with E-state index >= 15 is 0 Å². The summed E-state index contributed by atoms with van der Waals surface area (Å²) < 4.78 is 5.82. The van der Waals surface area contributed by atoms with Gasteiger partial charge in [-0.2, -0.15) is 0 Å². The molecule has 3 N–H and O–H groups in total. The molecule has 2 aromatic carbocycles. The van der Waals surface area contributed by atoms with E-state index in [1.54, 1.807) is 6.20 Å². The highest BCUT2D eigenvalue weighted by Crippen LogP contribution is 2.36. The van der Waals surface area contributed by atoms with Gasteiger partial charge in [-0.25, -0.2) is 0 Å². The van der Waals surface area contributed by atoms with Gasteiger partial charge in [0, 0.05) is 30.3 Å². The van der Waals surface area contributed by atoms with Crippen molar-refractivity contribution in [3.05, 3.63) is 64.6 Å². The lowest BCUT2D eigenvalue weighted by molar-refractivity contribution is 0.241. The van der Waals surface area contributed by atoms with E-state index in [1.807, 2.05) is 30.3 Å². The normalized spacial score (nSPS) is 16.5. The molecule has 22 heavy (non-hydrogen) atoms. The molecule has 0 amide bonds. The fourth-order valence-corrected chi connectivity index (χ4v) is 3.09. The minimum Gasteiger partial charge on any atom is -0.488 e. The molecule has 0 unspecified atom stereocenters. The van der Waals surface area contributed by atoms with Crippen molar-refractivity contribution in [3.63, 3.8) is 0 Å². The largest absolute Gasteiger partial charge is 0.488 e. The number of benzene rings is 2. The average molecular weight is 292 g/mol. The van der Waals surface area contributed by atoms with Crippen molar-refractivity contribution in [2.75, 3.05) is 6.54 Å². The number of H-pyrrole nitrogens is 1. The summed E-state index contributed by atoms with van der Waals surface area (Å²) in [5.41, 5.74) is 8.45. The van der Waals surface area contributed by atoms with Gasteiger partial charge in [0.1, 0.15) is 11.9 Å². The van der Waals surface area contributed by atoms with Gasteiger partial charge in [0.25, 0.3) is 5.56 Å². The zero-order valence-corrected chi connectivity index (χ0v) is 12.0. The number of pyridine rings is 1. The molecule has 0 spiro atoms. The minimum absolute atomic E-state index is 0.0669. The molecule has 1 aromatic heterocycles. The Hall–Kier alpha value is -2.59. The standard InChI is InChI=1S/C18H16N2O2/c19-10-13-9-16-14-5-3-12(15-2-1-7-20-18(15)21)8-11(14)4-6-17(16)22-13/h1-8,13H,9-10,19H2,(H,20,21)/t13-/m1/s1. The van der Waals surface area contributed by atoms with Crippen molar-refractivity contribution >= 4 is 10.8 Å². The number of rotatable bonds is 2. The smallest absolute Gasteiger partial charge is 0.255 e. The van der Waals surface area contributed by atoms with E-state index in [4.69, 9.17) is 10.5 Å². The fourth-order valence-electron chi connectivity index (χ4n) is 3.09. The molecular weight excluding hydrogens is 276 g/mol. The summed E-state index contributed by atoms with van der Waals surface area (Å²) >= 11 is 0. The zero-order valence-electron chi connectivity index (χ0n) is 12.0. The van der Waals surface area contributed by atoms with E-state index in [2.05, 4.69) is 17.1 Å². The van der Waals surface area contributed by atoms with Gasteiger partial charge in [-0.15, -0.1) is 0 Å². The van der Waals surface area contributed by atoms with E-state index in [-0.39, 0.29) is 11.7 Å². The van der Waals surface area contributed by atoms with Crippen LogP contribution < -0.4 is 16.0 Å². The maximum Gasteiger partial charge on any atom is 0.255 e. The first-order valence-corrected chi connectivity index (χ1v) is 7.36. The van der Waals surface area contributed by atoms with Crippen molar-refractivity contribution in [1.29, 1.82) is 0 Å². The second kappa shape index (κ2) is 5.00. The third-order valence-electron chi connectivity index (χ3n) is 4.21. The molecule has 3 aromatic rings. The quantitative estimate of drug-likeness (QED) is 0.762. The molecular formula is C18H16N2O2. The van der Waals surface area contributed by atoms with Crippen molar-refractivity contribution in [1.82, 2.24) is 4.98 Å². The number of ether oxygens (including phenoxy) is 1. The average Bonchev–Trinajstić information content (AvgIpc) is 2.98. The first-order chi connectivity index (χ1) is 10.8. The molecule has 110 valence electrons. The van der Waals surface area contributed by atoms with Crippen LogP contribution in [0.2, 0.25) is 0 Å². The molecule has 1 aliphatic rings. The van der Waals surface area contributed by atoms with Gasteiger partial charge in [-0.05, 0) is 40.6 Å². The number of fused-ring (bicyclic) bond motifs is 3. The molecule has 0 bridgehead atoms. The molecule has 0 fully saturated rings. The Bertz CT molecular complexity index is 914. The van der Waals surface area contributed by atoms with Crippen molar-refractivity contribution in [3.8, 4) is 16.9 Å². The Morgan fingerprint density at radius 2 is 2.14 bits per heavy atom. The van der Waals surface area contributed by atoms with Crippen LogP contribution in [0.3, 0.4) is 0 Å². The zero-order chi connectivity index (χ0) is 15.1. The summed E-state index contributed by atoms with van der Waals surface area (Å²) in [6.07, 6.45) is 2.55. The van der Waals surface area contributed by atoms with Crippen LogP contribution in [0.15, 0.2) is 53.5 Å². The molecule has 4 nitrogen and oxygen atoms in total. The Labute approximate surface area is 127 Å². The molecule has 0 aliphatic carbocycles. The van der Waals surface area contributed by atoms with Crippen LogP contribution in [0.4, 0.5) is 0 Å². The van der Waals surface area contributed by atoms with Crippen LogP contribution in [0.25, 0.3) is 21.9 Å². The van der Waals surface area contributed by atoms with Crippen molar-refractivity contribution < 1.29 is 4.74 Å². The van der Waals surface area contributed by atoms with Crippen LogP contribution >= 0.6 is 0 Å². The van der Waals surface area contributed by atoms with Crippen molar-refractivity contribution in [2.24, 2.45) is 5.73 Å². The van der Waals surface area contributed by atoms with Gasteiger partial charge in [-0.1, -0.05) is 18.2 Å². The molecule has 0 saturated heterocycles. The van der Waals surface area contributed by atoms with E-state index in [0.717, 1.165) is 23.1 Å². The number of nitrogens with two attached hydrogens (primary N) is 1. The third kappa shape index (κ3) is 2.00. The number of nitrogens with one attached hydrogen (secondary N) is 1. The van der Waals surface area contributed by atoms with E-state index in [0.29, 0.717) is 12.1 Å². The first kappa shape index (κ1) is 13.1. The topological polar surface area (TPSA) is 68.1 Å². The summed E-state index contributed by atoms with van der Waals surface area (Å²) in [5, 5.41) is 2.28. The second-order valence-electron chi connectivity index (χ2n) is 5.57. The van der Waals surface area contributed by atoms with Crippen LogP contribution in [-0.4, -0.2) is 17.6 Å². The minimum atomic E-state index is -0.0745. The Morgan fingerprint density at radius 1 is 1.23 bits per heavy atom. The van der Waals surface area contributed by atoms with Gasteiger partial charge in [0.15, 0.2) is 0 Å². The van der Waals surface area contributed by atoms with Crippen LogP contribution in [0.5, 0.6) is 5.75 Å². The SMILES string of the molecule is NC[C@H]1Cc2c(ccc3cc(-c4ccc[nH]c4=O)ccc23)O1. The molecule has 0 radical (unpaired) electrons. The molecule has 2 heterocycles. The first-order valence-electron chi connectivity index (χ1n) is 7.36. The highest BCUT2D eigenvalue weighted by Gasteiger charge is 2.23. The number of hydrogen-bond donors (Lipinski definition) is 2. The Morgan fingerprint density at radius 3 is 2.95 bits per heavy atom.